The first-order valence-corrected chi connectivity index (χ1v) is 9.78. The van der Waals surface area contributed by atoms with Gasteiger partial charge in [0.25, 0.3) is 5.91 Å². The molecule has 126 valence electrons. The summed E-state index contributed by atoms with van der Waals surface area (Å²) in [4.78, 5) is 15.1. The average molecular weight is 336 g/mol. The van der Waals surface area contributed by atoms with Crippen molar-refractivity contribution in [1.29, 1.82) is 0 Å². The number of carbonyl (C=O) groups excluding carboxylic acids is 1. The van der Waals surface area contributed by atoms with Crippen molar-refractivity contribution < 1.29 is 13.2 Å². The Kier molecular flexibility index (Phi) is 4.47. The molecule has 1 amide bonds. The lowest BCUT2D eigenvalue weighted by Gasteiger charge is -2.33. The minimum atomic E-state index is -3.46. The van der Waals surface area contributed by atoms with Crippen molar-refractivity contribution in [3.05, 3.63) is 29.8 Å². The molecule has 0 spiro atoms. The number of likely N-dealkylation sites (tertiary alicyclic amines) is 1. The number of hydrogen-bond acceptors (Lipinski definition) is 3. The van der Waals surface area contributed by atoms with Crippen LogP contribution in [-0.2, 0) is 10.0 Å². The van der Waals surface area contributed by atoms with Crippen molar-refractivity contribution in [2.24, 2.45) is 5.92 Å². The van der Waals surface area contributed by atoms with Crippen molar-refractivity contribution in [2.75, 3.05) is 7.05 Å². The summed E-state index contributed by atoms with van der Waals surface area (Å²) in [6.07, 6.45) is 5.86. The number of nitrogens with zero attached hydrogens (tertiary/aromatic N) is 1. The molecular weight excluding hydrogens is 312 g/mol. The van der Waals surface area contributed by atoms with Crippen molar-refractivity contribution in [2.45, 2.75) is 56.0 Å². The second kappa shape index (κ2) is 6.24. The summed E-state index contributed by atoms with van der Waals surface area (Å²) in [5, 5.41) is 0. The van der Waals surface area contributed by atoms with Gasteiger partial charge in [-0.05, 0) is 63.4 Å². The Balaban J connectivity index is 1.83. The summed E-state index contributed by atoms with van der Waals surface area (Å²) in [5.74, 6) is 0.659. The van der Waals surface area contributed by atoms with Crippen LogP contribution in [0.4, 0.5) is 0 Å². The van der Waals surface area contributed by atoms with Crippen LogP contribution in [0.3, 0.4) is 0 Å². The number of carbonyl (C=O) groups is 1. The number of amides is 1. The van der Waals surface area contributed by atoms with E-state index >= 15 is 0 Å². The standard InChI is InChI=1S/C17H24N2O3S/c1-12-11-14-5-3-4-6-16(14)19(12)17(20)13-7-9-15(10-8-13)23(21,22)18-2/h7-10,12,14,16,18H,3-6,11H2,1-2H3/t12-,14+,16-/m1/s1. The number of rotatable bonds is 3. The van der Waals surface area contributed by atoms with E-state index in [0.29, 0.717) is 17.5 Å². The van der Waals surface area contributed by atoms with Gasteiger partial charge in [-0.1, -0.05) is 12.8 Å². The van der Waals surface area contributed by atoms with E-state index in [1.54, 1.807) is 12.1 Å². The fourth-order valence-electron chi connectivity index (χ4n) is 4.10. The maximum absolute atomic E-state index is 12.9. The first kappa shape index (κ1) is 16.5. The maximum Gasteiger partial charge on any atom is 0.254 e. The summed E-state index contributed by atoms with van der Waals surface area (Å²) in [6.45, 7) is 2.12. The number of benzene rings is 1. The normalized spacial score (nSPS) is 27.7. The molecule has 1 aliphatic heterocycles. The molecule has 2 aliphatic rings. The fraction of sp³-hybridized carbons (Fsp3) is 0.588. The third kappa shape index (κ3) is 3.02. The van der Waals surface area contributed by atoms with E-state index in [4.69, 9.17) is 0 Å². The van der Waals surface area contributed by atoms with Crippen LogP contribution in [0.25, 0.3) is 0 Å². The third-order valence-electron chi connectivity index (χ3n) is 5.26. The van der Waals surface area contributed by atoms with E-state index < -0.39 is 10.0 Å². The molecule has 3 atom stereocenters. The van der Waals surface area contributed by atoms with Crippen LogP contribution >= 0.6 is 0 Å². The Hall–Kier alpha value is -1.40. The van der Waals surface area contributed by atoms with Crippen LogP contribution < -0.4 is 4.72 Å². The minimum Gasteiger partial charge on any atom is -0.333 e. The molecule has 5 nitrogen and oxygen atoms in total. The molecule has 1 aliphatic carbocycles. The zero-order valence-corrected chi connectivity index (χ0v) is 14.5. The summed E-state index contributed by atoms with van der Waals surface area (Å²) >= 11 is 0. The Morgan fingerprint density at radius 2 is 1.83 bits per heavy atom. The van der Waals surface area contributed by atoms with Gasteiger partial charge in [-0.15, -0.1) is 0 Å². The first-order chi connectivity index (χ1) is 10.9. The number of sulfonamides is 1. The number of fused-ring (bicyclic) bond motifs is 1. The SMILES string of the molecule is CNS(=O)(=O)c1ccc(C(=O)N2[C@H](C)C[C@@H]3CCCC[C@H]32)cc1. The highest BCUT2D eigenvalue weighted by atomic mass is 32.2. The zero-order chi connectivity index (χ0) is 16.6. The lowest BCUT2D eigenvalue weighted by Crippen LogP contribution is -2.42. The van der Waals surface area contributed by atoms with Gasteiger partial charge in [0.05, 0.1) is 4.90 Å². The second-order valence-electron chi connectivity index (χ2n) is 6.64. The van der Waals surface area contributed by atoms with E-state index in [1.807, 2.05) is 4.90 Å². The van der Waals surface area contributed by atoms with E-state index in [9.17, 15) is 13.2 Å². The van der Waals surface area contributed by atoms with Gasteiger partial charge in [0.2, 0.25) is 10.0 Å². The second-order valence-corrected chi connectivity index (χ2v) is 8.53. The van der Waals surface area contributed by atoms with E-state index in [0.717, 1.165) is 12.8 Å². The zero-order valence-electron chi connectivity index (χ0n) is 13.7. The maximum atomic E-state index is 12.9. The quantitative estimate of drug-likeness (QED) is 0.921. The van der Waals surface area contributed by atoms with Gasteiger partial charge in [0.1, 0.15) is 0 Å². The van der Waals surface area contributed by atoms with Gasteiger partial charge in [0.15, 0.2) is 0 Å². The van der Waals surface area contributed by atoms with Gasteiger partial charge in [-0.25, -0.2) is 13.1 Å². The number of nitrogens with one attached hydrogen (secondary N) is 1. The number of hydrogen-bond donors (Lipinski definition) is 1. The highest BCUT2D eigenvalue weighted by Gasteiger charge is 2.42. The van der Waals surface area contributed by atoms with Gasteiger partial charge in [0, 0.05) is 17.6 Å². The van der Waals surface area contributed by atoms with Gasteiger partial charge < -0.3 is 4.90 Å². The smallest absolute Gasteiger partial charge is 0.254 e. The van der Waals surface area contributed by atoms with E-state index in [1.165, 1.54) is 38.4 Å². The molecule has 0 unspecified atom stereocenters. The van der Waals surface area contributed by atoms with Crippen molar-refractivity contribution in [3.63, 3.8) is 0 Å². The topological polar surface area (TPSA) is 66.5 Å². The van der Waals surface area contributed by atoms with E-state index in [2.05, 4.69) is 11.6 Å². The highest BCUT2D eigenvalue weighted by molar-refractivity contribution is 7.89. The molecular formula is C17H24N2O3S. The summed E-state index contributed by atoms with van der Waals surface area (Å²) < 4.78 is 25.8. The van der Waals surface area contributed by atoms with Crippen molar-refractivity contribution in [1.82, 2.24) is 9.62 Å². The molecule has 6 heteroatoms. The van der Waals surface area contributed by atoms with Crippen LogP contribution in [0.5, 0.6) is 0 Å². The lowest BCUT2D eigenvalue weighted by molar-refractivity contribution is 0.0633. The predicted octanol–water partition coefficient (Wildman–Crippen LogP) is 2.39. The predicted molar refractivity (Wildman–Crippen MR) is 88.7 cm³/mol. The molecule has 1 aromatic rings. The molecule has 23 heavy (non-hydrogen) atoms. The molecule has 0 aromatic heterocycles. The summed E-state index contributed by atoms with van der Waals surface area (Å²) in [7, 11) is -2.09. The molecule has 3 rings (SSSR count). The fourth-order valence-corrected chi connectivity index (χ4v) is 4.83. The molecule has 1 N–H and O–H groups in total. The lowest BCUT2D eigenvalue weighted by atomic mass is 9.85. The molecule has 1 heterocycles. The van der Waals surface area contributed by atoms with Gasteiger partial charge in [-0.2, -0.15) is 0 Å². The molecule has 2 fully saturated rings. The van der Waals surface area contributed by atoms with Crippen molar-refractivity contribution in [3.8, 4) is 0 Å². The molecule has 1 saturated heterocycles. The largest absolute Gasteiger partial charge is 0.333 e. The van der Waals surface area contributed by atoms with Crippen LogP contribution in [0.15, 0.2) is 29.2 Å². The Morgan fingerprint density at radius 1 is 1.17 bits per heavy atom. The Labute approximate surface area is 138 Å². The van der Waals surface area contributed by atoms with Gasteiger partial charge in [-0.3, -0.25) is 4.79 Å². The summed E-state index contributed by atoms with van der Waals surface area (Å²) in [6, 6.07) is 6.85. The van der Waals surface area contributed by atoms with E-state index in [-0.39, 0.29) is 16.8 Å². The molecule has 1 saturated carbocycles. The molecule has 0 radical (unpaired) electrons. The van der Waals surface area contributed by atoms with Crippen LogP contribution in [0.1, 0.15) is 49.4 Å². The molecule has 0 bridgehead atoms. The van der Waals surface area contributed by atoms with Crippen LogP contribution in [-0.4, -0.2) is 38.4 Å². The Bertz CT molecular complexity index is 684. The third-order valence-corrected chi connectivity index (χ3v) is 6.69. The molecule has 1 aromatic carbocycles. The van der Waals surface area contributed by atoms with Crippen LogP contribution in [0.2, 0.25) is 0 Å². The monoisotopic (exact) mass is 336 g/mol. The van der Waals surface area contributed by atoms with Crippen molar-refractivity contribution >= 4 is 15.9 Å². The Morgan fingerprint density at radius 3 is 2.48 bits per heavy atom. The average Bonchev–Trinajstić information content (AvgIpc) is 2.90. The highest BCUT2D eigenvalue weighted by Crippen LogP contribution is 2.40. The van der Waals surface area contributed by atoms with Crippen LogP contribution in [0, 0.1) is 5.92 Å². The minimum absolute atomic E-state index is 0.0281. The van der Waals surface area contributed by atoms with Gasteiger partial charge >= 0.3 is 0 Å². The first-order valence-electron chi connectivity index (χ1n) is 8.30. The summed E-state index contributed by atoms with van der Waals surface area (Å²) in [5.41, 5.74) is 0.568.